The molecule has 5 heteroatoms. The van der Waals surface area contributed by atoms with Crippen LogP contribution in [-0.2, 0) is 0 Å². The van der Waals surface area contributed by atoms with Gasteiger partial charge in [0.15, 0.2) is 0 Å². The van der Waals surface area contributed by atoms with Gasteiger partial charge in [-0.3, -0.25) is 0 Å². The summed E-state index contributed by atoms with van der Waals surface area (Å²) < 4.78 is 27.8. The summed E-state index contributed by atoms with van der Waals surface area (Å²) >= 11 is 9.21. The normalized spacial score (nSPS) is 12.5. The largest absolute Gasteiger partial charge is 0.309 e. The number of rotatable bonds is 3. The van der Waals surface area contributed by atoms with E-state index >= 15 is 0 Å². The molecule has 0 saturated carbocycles. The molecule has 1 nitrogen and oxygen atoms in total. The predicted octanol–water partition coefficient (Wildman–Crippen LogP) is 4.69. The van der Waals surface area contributed by atoms with Crippen LogP contribution in [0.15, 0.2) is 40.9 Å². The van der Waals surface area contributed by atoms with E-state index < -0.39 is 11.9 Å². The lowest BCUT2D eigenvalue weighted by Crippen LogP contribution is -2.19. The van der Waals surface area contributed by atoms with E-state index in [1.807, 2.05) is 0 Å². The van der Waals surface area contributed by atoms with Crippen molar-refractivity contribution in [3.05, 3.63) is 68.7 Å². The third-order valence-electron chi connectivity index (χ3n) is 2.85. The Morgan fingerprint density at radius 3 is 2.58 bits per heavy atom. The van der Waals surface area contributed by atoms with E-state index in [0.717, 1.165) is 0 Å². The molecule has 0 aliphatic carbocycles. The van der Waals surface area contributed by atoms with E-state index in [1.165, 1.54) is 18.2 Å². The van der Waals surface area contributed by atoms with Gasteiger partial charge in [-0.25, -0.2) is 8.78 Å². The Balaban J connectivity index is 2.56. The average molecular weight is 347 g/mol. The molecule has 1 atom stereocenters. The lowest BCUT2D eigenvalue weighted by atomic mass is 9.98. The van der Waals surface area contributed by atoms with Gasteiger partial charge < -0.3 is 5.32 Å². The zero-order chi connectivity index (χ0) is 14.0. The number of nitrogens with one attached hydrogen (secondary N) is 1. The summed E-state index contributed by atoms with van der Waals surface area (Å²) in [6, 6.07) is 8.51. The standard InChI is InChI=1S/C14H11BrClF2N/c1-19-14(9-3-2-4-11(15)13(9)18)10-7-8(17)5-6-12(10)16/h2-7,14,19H,1H3. The summed E-state index contributed by atoms with van der Waals surface area (Å²) in [7, 11) is 1.67. The van der Waals surface area contributed by atoms with Crippen molar-refractivity contribution in [2.75, 3.05) is 7.05 Å². The first-order valence-corrected chi connectivity index (χ1v) is 6.77. The maximum atomic E-state index is 14.1. The fourth-order valence-electron chi connectivity index (χ4n) is 1.96. The molecule has 2 aromatic rings. The fraction of sp³-hybridized carbons (Fsp3) is 0.143. The monoisotopic (exact) mass is 345 g/mol. The Kier molecular flexibility index (Phi) is 4.55. The van der Waals surface area contributed by atoms with E-state index in [4.69, 9.17) is 11.6 Å². The first-order valence-electron chi connectivity index (χ1n) is 5.60. The summed E-state index contributed by atoms with van der Waals surface area (Å²) in [6.07, 6.45) is 0. The molecule has 2 aromatic carbocycles. The summed E-state index contributed by atoms with van der Waals surface area (Å²) in [5.41, 5.74) is 0.908. The Bertz CT molecular complexity index is 602. The minimum Gasteiger partial charge on any atom is -0.309 e. The summed E-state index contributed by atoms with van der Waals surface area (Å²) in [5.74, 6) is -0.794. The molecule has 1 N–H and O–H groups in total. The Labute approximate surface area is 123 Å². The molecule has 0 amide bonds. The Morgan fingerprint density at radius 2 is 1.89 bits per heavy atom. The first-order chi connectivity index (χ1) is 9.04. The van der Waals surface area contributed by atoms with Crippen LogP contribution in [0.2, 0.25) is 5.02 Å². The van der Waals surface area contributed by atoms with E-state index in [-0.39, 0.29) is 5.82 Å². The maximum Gasteiger partial charge on any atom is 0.142 e. The van der Waals surface area contributed by atoms with Crippen molar-refractivity contribution >= 4 is 27.5 Å². The van der Waals surface area contributed by atoms with Gasteiger partial charge in [0.1, 0.15) is 11.6 Å². The van der Waals surface area contributed by atoms with Gasteiger partial charge in [-0.2, -0.15) is 0 Å². The second-order valence-electron chi connectivity index (χ2n) is 4.03. The molecular formula is C14H11BrClF2N. The average Bonchev–Trinajstić information content (AvgIpc) is 2.39. The Hall–Kier alpha value is -0.970. The molecule has 1 unspecified atom stereocenters. The van der Waals surface area contributed by atoms with Crippen LogP contribution in [-0.4, -0.2) is 7.05 Å². The zero-order valence-electron chi connectivity index (χ0n) is 10.1. The van der Waals surface area contributed by atoms with Crippen molar-refractivity contribution in [2.45, 2.75) is 6.04 Å². The Morgan fingerprint density at radius 1 is 1.16 bits per heavy atom. The van der Waals surface area contributed by atoms with Crippen molar-refractivity contribution < 1.29 is 8.78 Å². The summed E-state index contributed by atoms with van der Waals surface area (Å²) in [4.78, 5) is 0. The van der Waals surface area contributed by atoms with Crippen LogP contribution in [0.3, 0.4) is 0 Å². The van der Waals surface area contributed by atoms with Crippen molar-refractivity contribution in [1.29, 1.82) is 0 Å². The highest BCUT2D eigenvalue weighted by molar-refractivity contribution is 9.10. The van der Waals surface area contributed by atoms with Crippen molar-refractivity contribution in [3.8, 4) is 0 Å². The van der Waals surface area contributed by atoms with E-state index in [2.05, 4.69) is 21.2 Å². The molecule has 0 aliphatic heterocycles. The lowest BCUT2D eigenvalue weighted by Gasteiger charge is -2.19. The molecular weight excluding hydrogens is 336 g/mol. The van der Waals surface area contributed by atoms with E-state index in [9.17, 15) is 8.78 Å². The smallest absolute Gasteiger partial charge is 0.142 e. The number of halogens is 4. The van der Waals surface area contributed by atoms with Crippen LogP contribution < -0.4 is 5.32 Å². The van der Waals surface area contributed by atoms with Gasteiger partial charge in [0.2, 0.25) is 0 Å². The topological polar surface area (TPSA) is 12.0 Å². The highest BCUT2D eigenvalue weighted by atomic mass is 79.9. The number of hydrogen-bond donors (Lipinski definition) is 1. The van der Waals surface area contributed by atoms with Gasteiger partial charge in [0.25, 0.3) is 0 Å². The highest BCUT2D eigenvalue weighted by Gasteiger charge is 2.20. The molecule has 2 rings (SSSR count). The minimum absolute atomic E-state index is 0.359. The van der Waals surface area contributed by atoms with E-state index in [0.29, 0.717) is 20.6 Å². The fourth-order valence-corrected chi connectivity index (χ4v) is 2.57. The van der Waals surface area contributed by atoms with Gasteiger partial charge in [-0.15, -0.1) is 0 Å². The van der Waals surface area contributed by atoms with Crippen molar-refractivity contribution in [2.24, 2.45) is 0 Å². The third-order valence-corrected chi connectivity index (χ3v) is 3.81. The van der Waals surface area contributed by atoms with Crippen LogP contribution >= 0.6 is 27.5 Å². The van der Waals surface area contributed by atoms with E-state index in [1.54, 1.807) is 25.2 Å². The molecule has 19 heavy (non-hydrogen) atoms. The molecule has 0 radical (unpaired) electrons. The van der Waals surface area contributed by atoms with Crippen LogP contribution in [0, 0.1) is 11.6 Å². The van der Waals surface area contributed by atoms with Crippen LogP contribution in [0.1, 0.15) is 17.2 Å². The molecule has 0 spiro atoms. The van der Waals surface area contributed by atoms with Gasteiger partial charge in [-0.1, -0.05) is 23.7 Å². The zero-order valence-corrected chi connectivity index (χ0v) is 12.4. The maximum absolute atomic E-state index is 14.1. The van der Waals surface area contributed by atoms with Gasteiger partial charge in [-0.05, 0) is 52.8 Å². The van der Waals surface area contributed by atoms with Gasteiger partial charge in [0.05, 0.1) is 10.5 Å². The number of hydrogen-bond acceptors (Lipinski definition) is 1. The second kappa shape index (κ2) is 5.99. The highest BCUT2D eigenvalue weighted by Crippen LogP contribution is 2.32. The molecule has 0 fully saturated rings. The number of benzene rings is 2. The molecule has 0 saturated heterocycles. The van der Waals surface area contributed by atoms with Crippen LogP contribution in [0.4, 0.5) is 8.78 Å². The molecule has 100 valence electrons. The van der Waals surface area contributed by atoms with Crippen LogP contribution in [0.25, 0.3) is 0 Å². The van der Waals surface area contributed by atoms with Gasteiger partial charge in [0, 0.05) is 10.6 Å². The summed E-state index contributed by atoms with van der Waals surface area (Å²) in [6.45, 7) is 0. The first kappa shape index (κ1) is 14.4. The molecule has 0 aliphatic rings. The molecule has 0 heterocycles. The van der Waals surface area contributed by atoms with Crippen LogP contribution in [0.5, 0.6) is 0 Å². The predicted molar refractivity (Wildman–Crippen MR) is 76.4 cm³/mol. The summed E-state index contributed by atoms with van der Waals surface area (Å²) in [5, 5.41) is 3.35. The lowest BCUT2D eigenvalue weighted by molar-refractivity contribution is 0.567. The minimum atomic E-state index is -0.513. The van der Waals surface area contributed by atoms with Crippen molar-refractivity contribution in [3.63, 3.8) is 0 Å². The van der Waals surface area contributed by atoms with Gasteiger partial charge >= 0.3 is 0 Å². The quantitative estimate of drug-likeness (QED) is 0.850. The van der Waals surface area contributed by atoms with Crippen molar-refractivity contribution in [1.82, 2.24) is 5.32 Å². The third kappa shape index (κ3) is 2.96. The molecule has 0 bridgehead atoms. The second-order valence-corrected chi connectivity index (χ2v) is 5.29. The SMILES string of the molecule is CNC(c1cc(F)ccc1Cl)c1cccc(Br)c1F. The molecule has 0 aromatic heterocycles.